The van der Waals surface area contributed by atoms with Crippen LogP contribution < -0.4 is 11.1 Å². The van der Waals surface area contributed by atoms with Gasteiger partial charge in [0.2, 0.25) is 5.91 Å². The SMILES string of the molecule is CC(N)C(=O)Nc1ccc2c(c1)CN(C1CC1)C2. The van der Waals surface area contributed by atoms with E-state index in [0.717, 1.165) is 24.8 Å². The minimum atomic E-state index is -0.471. The zero-order valence-corrected chi connectivity index (χ0v) is 10.6. The molecule has 1 aliphatic carbocycles. The first-order valence-electron chi connectivity index (χ1n) is 6.56. The van der Waals surface area contributed by atoms with Crippen LogP contribution in [0.3, 0.4) is 0 Å². The molecule has 1 amide bonds. The molecule has 18 heavy (non-hydrogen) atoms. The highest BCUT2D eigenvalue weighted by atomic mass is 16.2. The third-order valence-electron chi connectivity index (χ3n) is 3.70. The van der Waals surface area contributed by atoms with Gasteiger partial charge in [-0.15, -0.1) is 0 Å². The number of benzene rings is 1. The van der Waals surface area contributed by atoms with Gasteiger partial charge in [0.1, 0.15) is 0 Å². The van der Waals surface area contributed by atoms with Crippen LogP contribution in [0.25, 0.3) is 0 Å². The number of hydrogen-bond acceptors (Lipinski definition) is 3. The van der Waals surface area contributed by atoms with E-state index in [1.54, 1.807) is 6.92 Å². The fourth-order valence-electron chi connectivity index (χ4n) is 2.45. The Bertz CT molecular complexity index is 480. The lowest BCUT2D eigenvalue weighted by molar-refractivity contribution is -0.117. The molecule has 0 aromatic heterocycles. The number of carbonyl (C=O) groups excluding carboxylic acids is 1. The van der Waals surface area contributed by atoms with Gasteiger partial charge in [0.25, 0.3) is 0 Å². The standard InChI is InChI=1S/C14H19N3O/c1-9(15)14(18)16-12-3-2-10-7-17(13-4-5-13)8-11(10)6-12/h2-3,6,9,13H,4-5,7-8,15H2,1H3,(H,16,18). The second kappa shape index (κ2) is 4.37. The van der Waals surface area contributed by atoms with Gasteiger partial charge in [-0.2, -0.15) is 0 Å². The number of nitrogens with zero attached hydrogens (tertiary/aromatic N) is 1. The van der Waals surface area contributed by atoms with E-state index in [4.69, 9.17) is 5.73 Å². The first-order chi connectivity index (χ1) is 8.63. The predicted octanol–water partition coefficient (Wildman–Crippen LogP) is 1.45. The Hall–Kier alpha value is -1.39. The zero-order valence-electron chi connectivity index (χ0n) is 10.6. The molecular weight excluding hydrogens is 226 g/mol. The third-order valence-corrected chi connectivity index (χ3v) is 3.70. The summed E-state index contributed by atoms with van der Waals surface area (Å²) in [5.41, 5.74) is 9.13. The molecule has 1 aromatic rings. The van der Waals surface area contributed by atoms with Crippen molar-refractivity contribution in [3.05, 3.63) is 29.3 Å². The highest BCUT2D eigenvalue weighted by Crippen LogP contribution is 2.35. The van der Waals surface area contributed by atoms with Gasteiger partial charge in [-0.25, -0.2) is 0 Å². The van der Waals surface area contributed by atoms with Crippen molar-refractivity contribution in [2.24, 2.45) is 5.73 Å². The minimum absolute atomic E-state index is 0.132. The van der Waals surface area contributed by atoms with Gasteiger partial charge < -0.3 is 11.1 Å². The van der Waals surface area contributed by atoms with Gasteiger partial charge in [-0.3, -0.25) is 9.69 Å². The molecule has 0 saturated heterocycles. The van der Waals surface area contributed by atoms with Crippen LogP contribution in [0.15, 0.2) is 18.2 Å². The topological polar surface area (TPSA) is 58.4 Å². The molecule has 0 bridgehead atoms. The van der Waals surface area contributed by atoms with Crippen molar-refractivity contribution >= 4 is 11.6 Å². The van der Waals surface area contributed by atoms with Crippen molar-refractivity contribution in [1.29, 1.82) is 0 Å². The van der Waals surface area contributed by atoms with Crippen molar-refractivity contribution in [2.45, 2.75) is 44.9 Å². The van der Waals surface area contributed by atoms with Crippen molar-refractivity contribution in [1.82, 2.24) is 4.90 Å². The van der Waals surface area contributed by atoms with Crippen LogP contribution in [0.5, 0.6) is 0 Å². The van der Waals surface area contributed by atoms with Gasteiger partial charge in [0, 0.05) is 24.8 Å². The minimum Gasteiger partial charge on any atom is -0.325 e. The van der Waals surface area contributed by atoms with E-state index in [0.29, 0.717) is 0 Å². The number of anilines is 1. The summed E-state index contributed by atoms with van der Waals surface area (Å²) in [6, 6.07) is 6.49. The smallest absolute Gasteiger partial charge is 0.240 e. The summed E-state index contributed by atoms with van der Waals surface area (Å²) in [7, 11) is 0. The largest absolute Gasteiger partial charge is 0.325 e. The maximum Gasteiger partial charge on any atom is 0.240 e. The van der Waals surface area contributed by atoms with Crippen LogP contribution >= 0.6 is 0 Å². The van der Waals surface area contributed by atoms with Gasteiger partial charge in [-0.1, -0.05) is 6.07 Å². The van der Waals surface area contributed by atoms with E-state index in [2.05, 4.69) is 22.3 Å². The fraction of sp³-hybridized carbons (Fsp3) is 0.500. The second-order valence-electron chi connectivity index (χ2n) is 5.40. The number of nitrogens with one attached hydrogen (secondary N) is 1. The van der Waals surface area contributed by atoms with Crippen LogP contribution in [0.4, 0.5) is 5.69 Å². The molecule has 3 N–H and O–H groups in total. The quantitative estimate of drug-likeness (QED) is 0.847. The average molecular weight is 245 g/mol. The predicted molar refractivity (Wildman–Crippen MR) is 71.0 cm³/mol. The summed E-state index contributed by atoms with van der Waals surface area (Å²) < 4.78 is 0. The molecule has 1 atom stereocenters. The average Bonchev–Trinajstić information content (AvgIpc) is 3.09. The first-order valence-corrected chi connectivity index (χ1v) is 6.56. The van der Waals surface area contributed by atoms with Crippen LogP contribution in [0.2, 0.25) is 0 Å². The van der Waals surface area contributed by atoms with Gasteiger partial charge in [0.05, 0.1) is 6.04 Å². The van der Waals surface area contributed by atoms with Gasteiger partial charge in [0.15, 0.2) is 0 Å². The lowest BCUT2D eigenvalue weighted by Crippen LogP contribution is -2.32. The molecule has 4 heteroatoms. The Balaban J connectivity index is 1.72. The molecule has 1 fully saturated rings. The summed E-state index contributed by atoms with van der Waals surface area (Å²) >= 11 is 0. The van der Waals surface area contributed by atoms with Crippen molar-refractivity contribution < 1.29 is 4.79 Å². The number of fused-ring (bicyclic) bond motifs is 1. The van der Waals surface area contributed by atoms with Crippen molar-refractivity contribution in [2.75, 3.05) is 5.32 Å². The first kappa shape index (κ1) is 11.7. The summed E-state index contributed by atoms with van der Waals surface area (Å²) in [6.45, 7) is 3.76. The normalized spacial score (nSPS) is 20.6. The van der Waals surface area contributed by atoms with Gasteiger partial charge in [-0.05, 0) is 43.0 Å². The van der Waals surface area contributed by atoms with Crippen LogP contribution in [-0.2, 0) is 17.9 Å². The lowest BCUT2D eigenvalue weighted by Gasteiger charge is -2.12. The molecule has 1 unspecified atom stereocenters. The van der Waals surface area contributed by atoms with E-state index in [1.165, 1.54) is 24.0 Å². The highest BCUT2D eigenvalue weighted by molar-refractivity contribution is 5.94. The zero-order chi connectivity index (χ0) is 12.7. The Morgan fingerprint density at radius 1 is 1.39 bits per heavy atom. The molecule has 1 saturated carbocycles. The van der Waals surface area contributed by atoms with E-state index in [9.17, 15) is 4.79 Å². The molecule has 0 radical (unpaired) electrons. The molecular formula is C14H19N3O. The van der Waals surface area contributed by atoms with E-state index in [-0.39, 0.29) is 5.91 Å². The Labute approximate surface area is 107 Å². The monoisotopic (exact) mass is 245 g/mol. The van der Waals surface area contributed by atoms with Gasteiger partial charge >= 0.3 is 0 Å². The van der Waals surface area contributed by atoms with Crippen LogP contribution in [-0.4, -0.2) is 22.9 Å². The Morgan fingerprint density at radius 3 is 2.78 bits per heavy atom. The van der Waals surface area contributed by atoms with E-state index < -0.39 is 6.04 Å². The summed E-state index contributed by atoms with van der Waals surface area (Å²) in [5, 5.41) is 2.85. The van der Waals surface area contributed by atoms with E-state index in [1.807, 2.05) is 6.07 Å². The third kappa shape index (κ3) is 2.26. The molecule has 1 aromatic carbocycles. The maximum atomic E-state index is 11.5. The number of rotatable bonds is 3. The second-order valence-corrected chi connectivity index (χ2v) is 5.40. The highest BCUT2D eigenvalue weighted by Gasteiger charge is 2.32. The molecule has 0 spiro atoms. The Kier molecular flexibility index (Phi) is 2.84. The maximum absolute atomic E-state index is 11.5. The summed E-state index contributed by atoms with van der Waals surface area (Å²) in [4.78, 5) is 14.1. The van der Waals surface area contributed by atoms with Crippen molar-refractivity contribution in [3.8, 4) is 0 Å². The number of hydrogen-bond donors (Lipinski definition) is 2. The lowest BCUT2D eigenvalue weighted by atomic mass is 10.1. The number of nitrogens with two attached hydrogens (primary N) is 1. The molecule has 1 heterocycles. The molecule has 96 valence electrons. The molecule has 2 aliphatic rings. The summed E-state index contributed by atoms with van der Waals surface area (Å²) in [6.07, 6.45) is 2.67. The van der Waals surface area contributed by atoms with E-state index >= 15 is 0 Å². The molecule has 1 aliphatic heterocycles. The van der Waals surface area contributed by atoms with Crippen LogP contribution in [0, 0.1) is 0 Å². The number of amides is 1. The molecule has 4 nitrogen and oxygen atoms in total. The summed E-state index contributed by atoms with van der Waals surface area (Å²) in [5.74, 6) is -0.132. The molecule has 3 rings (SSSR count). The Morgan fingerprint density at radius 2 is 2.11 bits per heavy atom. The number of carbonyl (C=O) groups is 1. The fourth-order valence-corrected chi connectivity index (χ4v) is 2.45. The van der Waals surface area contributed by atoms with Crippen LogP contribution in [0.1, 0.15) is 30.9 Å². The van der Waals surface area contributed by atoms with Crippen molar-refractivity contribution in [3.63, 3.8) is 0 Å².